The van der Waals surface area contributed by atoms with E-state index in [0.717, 1.165) is 32.2 Å². The van der Waals surface area contributed by atoms with E-state index in [2.05, 4.69) is 28.8 Å². The van der Waals surface area contributed by atoms with Gasteiger partial charge in [-0.1, -0.05) is 0 Å². The molecule has 1 unspecified atom stereocenters. The molecule has 5 nitrogen and oxygen atoms in total. The maximum Gasteiger partial charge on any atom is 0.0469 e. The predicted molar refractivity (Wildman–Crippen MR) is 83.0 cm³/mol. The van der Waals surface area contributed by atoms with Crippen LogP contribution >= 0.6 is 0 Å². The predicted octanol–water partition coefficient (Wildman–Crippen LogP) is -0.0805. The van der Waals surface area contributed by atoms with Gasteiger partial charge in [0.25, 0.3) is 0 Å². The second kappa shape index (κ2) is 8.29. The Hall–Kier alpha value is -0.200. The van der Waals surface area contributed by atoms with Crippen molar-refractivity contribution in [2.45, 2.75) is 18.9 Å². The summed E-state index contributed by atoms with van der Waals surface area (Å²) in [5.74, 6) is 0.738. The van der Waals surface area contributed by atoms with Crippen LogP contribution < -0.4 is 5.73 Å². The summed E-state index contributed by atoms with van der Waals surface area (Å²) in [5.41, 5.74) is 6.06. The van der Waals surface area contributed by atoms with Crippen LogP contribution in [0.15, 0.2) is 0 Å². The lowest BCUT2D eigenvalue weighted by Crippen LogP contribution is -2.55. The van der Waals surface area contributed by atoms with Gasteiger partial charge in [-0.3, -0.25) is 9.80 Å². The van der Waals surface area contributed by atoms with Crippen LogP contribution in [0.5, 0.6) is 0 Å². The van der Waals surface area contributed by atoms with E-state index >= 15 is 0 Å². The van der Waals surface area contributed by atoms with Crippen molar-refractivity contribution in [3.8, 4) is 0 Å². The summed E-state index contributed by atoms with van der Waals surface area (Å²) in [7, 11) is 4.29. The molecule has 2 N–H and O–H groups in total. The first-order chi connectivity index (χ1) is 9.70. The highest BCUT2D eigenvalue weighted by Crippen LogP contribution is 2.23. The Morgan fingerprint density at radius 2 is 1.80 bits per heavy atom. The minimum atomic E-state index is 0.565. The molecule has 0 aromatic carbocycles. The summed E-state index contributed by atoms with van der Waals surface area (Å²) in [6.07, 6.45) is 2.37. The Bertz CT molecular complexity index is 261. The van der Waals surface area contributed by atoms with Gasteiger partial charge in [0.05, 0.1) is 0 Å². The lowest BCUT2D eigenvalue weighted by atomic mass is 9.90. The van der Waals surface area contributed by atoms with Crippen molar-refractivity contribution < 1.29 is 4.74 Å². The van der Waals surface area contributed by atoms with Crippen LogP contribution in [0.25, 0.3) is 0 Å². The van der Waals surface area contributed by atoms with Gasteiger partial charge < -0.3 is 15.4 Å². The fraction of sp³-hybridized carbons (Fsp3) is 1.00. The third-order valence-corrected chi connectivity index (χ3v) is 4.79. The van der Waals surface area contributed by atoms with E-state index in [4.69, 9.17) is 10.5 Å². The molecule has 118 valence electrons. The number of hydrogen-bond donors (Lipinski definition) is 1. The molecular formula is C15H32N4O. The average molecular weight is 284 g/mol. The van der Waals surface area contributed by atoms with Crippen molar-refractivity contribution in [2.75, 3.05) is 73.1 Å². The maximum atomic E-state index is 6.06. The third-order valence-electron chi connectivity index (χ3n) is 4.79. The molecule has 0 aromatic rings. The Morgan fingerprint density at radius 3 is 2.35 bits per heavy atom. The summed E-state index contributed by atoms with van der Waals surface area (Å²) >= 11 is 0. The molecule has 0 bridgehead atoms. The van der Waals surface area contributed by atoms with Crippen LogP contribution in [-0.4, -0.2) is 93.9 Å². The van der Waals surface area contributed by atoms with Crippen molar-refractivity contribution in [3.63, 3.8) is 0 Å². The number of nitrogens with zero attached hydrogens (tertiary/aromatic N) is 3. The van der Waals surface area contributed by atoms with Gasteiger partial charge in [0, 0.05) is 65.1 Å². The van der Waals surface area contributed by atoms with E-state index in [1.165, 1.54) is 45.6 Å². The SMILES string of the molecule is CN(C)CCN1CCN(C(CN)C2CCOCC2)CC1. The first-order valence-corrected chi connectivity index (χ1v) is 8.09. The first kappa shape index (κ1) is 16.2. The first-order valence-electron chi connectivity index (χ1n) is 8.09. The minimum absolute atomic E-state index is 0.565. The van der Waals surface area contributed by atoms with Gasteiger partial charge in [0.1, 0.15) is 0 Å². The molecular weight excluding hydrogens is 252 g/mol. The Kier molecular flexibility index (Phi) is 6.71. The second-order valence-corrected chi connectivity index (χ2v) is 6.43. The lowest BCUT2D eigenvalue weighted by Gasteiger charge is -2.43. The molecule has 5 heteroatoms. The maximum absolute atomic E-state index is 6.06. The molecule has 2 heterocycles. The van der Waals surface area contributed by atoms with Gasteiger partial charge in [-0.15, -0.1) is 0 Å². The number of ether oxygens (including phenoxy) is 1. The van der Waals surface area contributed by atoms with E-state index in [1.54, 1.807) is 0 Å². The number of likely N-dealkylation sites (N-methyl/N-ethyl adjacent to an activating group) is 1. The summed E-state index contributed by atoms with van der Waals surface area (Å²) < 4.78 is 5.48. The van der Waals surface area contributed by atoms with Gasteiger partial charge in [-0.25, -0.2) is 0 Å². The molecule has 1 atom stereocenters. The Labute approximate surface area is 124 Å². The normalized spacial score (nSPS) is 25.2. The van der Waals surface area contributed by atoms with Crippen LogP contribution in [0.3, 0.4) is 0 Å². The molecule has 2 saturated heterocycles. The smallest absolute Gasteiger partial charge is 0.0469 e. The van der Waals surface area contributed by atoms with Crippen molar-refractivity contribution in [1.82, 2.24) is 14.7 Å². The van der Waals surface area contributed by atoms with E-state index in [9.17, 15) is 0 Å². The summed E-state index contributed by atoms with van der Waals surface area (Å²) in [4.78, 5) is 7.47. The van der Waals surface area contributed by atoms with Gasteiger partial charge in [0.2, 0.25) is 0 Å². The molecule has 0 aromatic heterocycles. The molecule has 0 spiro atoms. The number of hydrogen-bond acceptors (Lipinski definition) is 5. The molecule has 20 heavy (non-hydrogen) atoms. The zero-order chi connectivity index (χ0) is 14.4. The molecule has 0 radical (unpaired) electrons. The molecule has 0 aliphatic carbocycles. The van der Waals surface area contributed by atoms with Gasteiger partial charge >= 0.3 is 0 Å². The van der Waals surface area contributed by atoms with Crippen molar-refractivity contribution in [3.05, 3.63) is 0 Å². The number of piperazine rings is 1. The van der Waals surface area contributed by atoms with Crippen molar-refractivity contribution in [2.24, 2.45) is 11.7 Å². The zero-order valence-electron chi connectivity index (χ0n) is 13.3. The molecule has 2 aliphatic heterocycles. The molecule has 2 aliphatic rings. The van der Waals surface area contributed by atoms with Gasteiger partial charge in [-0.05, 0) is 32.9 Å². The van der Waals surface area contributed by atoms with Crippen LogP contribution in [0.1, 0.15) is 12.8 Å². The van der Waals surface area contributed by atoms with Crippen LogP contribution in [-0.2, 0) is 4.74 Å². The Balaban J connectivity index is 1.76. The highest BCUT2D eigenvalue weighted by atomic mass is 16.5. The van der Waals surface area contributed by atoms with Crippen molar-refractivity contribution in [1.29, 1.82) is 0 Å². The van der Waals surface area contributed by atoms with Crippen LogP contribution in [0.4, 0.5) is 0 Å². The minimum Gasteiger partial charge on any atom is -0.381 e. The zero-order valence-corrected chi connectivity index (χ0v) is 13.3. The summed E-state index contributed by atoms with van der Waals surface area (Å²) in [6, 6.07) is 0.565. The second-order valence-electron chi connectivity index (χ2n) is 6.43. The fourth-order valence-electron chi connectivity index (χ4n) is 3.40. The van der Waals surface area contributed by atoms with Crippen LogP contribution in [0, 0.1) is 5.92 Å². The number of rotatable bonds is 6. The summed E-state index contributed by atoms with van der Waals surface area (Å²) in [6.45, 7) is 9.70. The molecule has 0 amide bonds. The molecule has 2 fully saturated rings. The van der Waals surface area contributed by atoms with E-state index in [-0.39, 0.29) is 0 Å². The van der Waals surface area contributed by atoms with E-state index in [1.807, 2.05) is 0 Å². The molecule has 2 rings (SSSR count). The quantitative estimate of drug-likeness (QED) is 0.739. The Morgan fingerprint density at radius 1 is 1.15 bits per heavy atom. The topological polar surface area (TPSA) is 45.0 Å². The van der Waals surface area contributed by atoms with Crippen molar-refractivity contribution >= 4 is 0 Å². The van der Waals surface area contributed by atoms with Crippen LogP contribution in [0.2, 0.25) is 0 Å². The number of nitrogens with two attached hydrogens (primary N) is 1. The van der Waals surface area contributed by atoms with Gasteiger partial charge in [0.15, 0.2) is 0 Å². The highest BCUT2D eigenvalue weighted by Gasteiger charge is 2.30. The standard InChI is InChI=1S/C15H32N4O/c1-17(2)5-6-18-7-9-19(10-8-18)15(13-16)14-3-11-20-12-4-14/h14-15H,3-13,16H2,1-2H3. The molecule has 0 saturated carbocycles. The third kappa shape index (κ3) is 4.67. The monoisotopic (exact) mass is 284 g/mol. The van der Waals surface area contributed by atoms with E-state index < -0.39 is 0 Å². The fourth-order valence-corrected chi connectivity index (χ4v) is 3.40. The highest BCUT2D eigenvalue weighted by molar-refractivity contribution is 4.85. The summed E-state index contributed by atoms with van der Waals surface area (Å²) in [5, 5.41) is 0. The van der Waals surface area contributed by atoms with E-state index in [0.29, 0.717) is 6.04 Å². The largest absolute Gasteiger partial charge is 0.381 e. The lowest BCUT2D eigenvalue weighted by molar-refractivity contribution is 0.0115. The average Bonchev–Trinajstić information content (AvgIpc) is 2.48. The van der Waals surface area contributed by atoms with Gasteiger partial charge in [-0.2, -0.15) is 0 Å².